The molecule has 5 heteroatoms. The molecule has 1 aliphatic rings. The van der Waals surface area contributed by atoms with Crippen LogP contribution in [0.4, 0.5) is 0 Å². The summed E-state index contributed by atoms with van der Waals surface area (Å²) in [6, 6.07) is 0.0234. The van der Waals surface area contributed by atoms with Crippen LogP contribution in [0.1, 0.15) is 46.5 Å². The average molecular weight is 270 g/mol. The van der Waals surface area contributed by atoms with Crippen molar-refractivity contribution in [3.63, 3.8) is 0 Å². The topological polar surface area (TPSA) is 81.4 Å². The number of nitrogens with one attached hydrogen (secondary N) is 1. The summed E-state index contributed by atoms with van der Waals surface area (Å²) >= 11 is 0. The van der Waals surface area contributed by atoms with Gasteiger partial charge in [0.05, 0.1) is 12.5 Å². The predicted octanol–water partition coefficient (Wildman–Crippen LogP) is 1.21. The van der Waals surface area contributed by atoms with E-state index in [1.807, 2.05) is 20.8 Å². The molecule has 0 saturated heterocycles. The van der Waals surface area contributed by atoms with Crippen LogP contribution >= 0.6 is 0 Å². The molecule has 1 rings (SSSR count). The van der Waals surface area contributed by atoms with Crippen molar-refractivity contribution in [2.24, 2.45) is 17.6 Å². The molecule has 2 atom stereocenters. The lowest BCUT2D eigenvalue weighted by Gasteiger charge is -2.29. The van der Waals surface area contributed by atoms with E-state index in [1.165, 1.54) is 0 Å². The average Bonchev–Trinajstić information content (AvgIpc) is 2.38. The van der Waals surface area contributed by atoms with Crippen molar-refractivity contribution in [2.75, 3.05) is 6.61 Å². The SMILES string of the molecule is CCOC(=O)C1CCC(NC(=O)C(C)C(C)N)CC1. The van der Waals surface area contributed by atoms with Crippen LogP contribution < -0.4 is 11.1 Å². The van der Waals surface area contributed by atoms with Gasteiger partial charge in [0.25, 0.3) is 0 Å². The largest absolute Gasteiger partial charge is 0.466 e. The quantitative estimate of drug-likeness (QED) is 0.736. The summed E-state index contributed by atoms with van der Waals surface area (Å²) in [5.74, 6) is -0.271. The summed E-state index contributed by atoms with van der Waals surface area (Å²) in [5.41, 5.74) is 5.72. The van der Waals surface area contributed by atoms with E-state index in [-0.39, 0.29) is 35.8 Å². The lowest BCUT2D eigenvalue weighted by molar-refractivity contribution is -0.149. The molecule has 0 aliphatic heterocycles. The van der Waals surface area contributed by atoms with Crippen LogP contribution in [-0.4, -0.2) is 30.6 Å². The molecule has 1 fully saturated rings. The second-order valence-corrected chi connectivity index (χ2v) is 5.46. The molecule has 19 heavy (non-hydrogen) atoms. The Morgan fingerprint density at radius 1 is 1.26 bits per heavy atom. The molecule has 3 N–H and O–H groups in total. The minimum absolute atomic E-state index is 0.000965. The molecule has 1 aliphatic carbocycles. The predicted molar refractivity (Wildman–Crippen MR) is 73.3 cm³/mol. The number of ether oxygens (including phenoxy) is 1. The number of hydrogen-bond donors (Lipinski definition) is 2. The van der Waals surface area contributed by atoms with E-state index in [0.29, 0.717) is 6.61 Å². The molecule has 0 aromatic rings. The number of amides is 1. The van der Waals surface area contributed by atoms with Gasteiger partial charge in [0.2, 0.25) is 5.91 Å². The van der Waals surface area contributed by atoms with E-state index >= 15 is 0 Å². The van der Waals surface area contributed by atoms with Crippen LogP contribution in [0.15, 0.2) is 0 Å². The van der Waals surface area contributed by atoms with Crippen molar-refractivity contribution < 1.29 is 14.3 Å². The molecule has 0 aromatic heterocycles. The fourth-order valence-corrected chi connectivity index (χ4v) is 2.30. The van der Waals surface area contributed by atoms with E-state index in [1.54, 1.807) is 0 Å². The Morgan fingerprint density at radius 3 is 2.32 bits per heavy atom. The van der Waals surface area contributed by atoms with Crippen LogP contribution in [0, 0.1) is 11.8 Å². The van der Waals surface area contributed by atoms with E-state index in [2.05, 4.69) is 5.32 Å². The zero-order valence-corrected chi connectivity index (χ0v) is 12.1. The first-order valence-electron chi connectivity index (χ1n) is 7.18. The summed E-state index contributed by atoms with van der Waals surface area (Å²) in [6.07, 6.45) is 3.24. The Hall–Kier alpha value is -1.10. The highest BCUT2D eigenvalue weighted by molar-refractivity contribution is 5.79. The Bertz CT molecular complexity index is 310. The summed E-state index contributed by atoms with van der Waals surface area (Å²) in [6.45, 7) is 5.92. The third-order valence-corrected chi connectivity index (χ3v) is 3.90. The molecule has 0 spiro atoms. The second kappa shape index (κ2) is 7.48. The Labute approximate surface area is 115 Å². The van der Waals surface area contributed by atoms with Gasteiger partial charge in [-0.05, 0) is 39.5 Å². The van der Waals surface area contributed by atoms with Crippen molar-refractivity contribution in [1.29, 1.82) is 0 Å². The van der Waals surface area contributed by atoms with Crippen molar-refractivity contribution >= 4 is 11.9 Å². The van der Waals surface area contributed by atoms with Crippen LogP contribution in [-0.2, 0) is 14.3 Å². The van der Waals surface area contributed by atoms with Crippen molar-refractivity contribution in [2.45, 2.75) is 58.5 Å². The fraction of sp³-hybridized carbons (Fsp3) is 0.857. The second-order valence-electron chi connectivity index (χ2n) is 5.46. The molecule has 2 unspecified atom stereocenters. The summed E-state index contributed by atoms with van der Waals surface area (Å²) in [5, 5.41) is 3.02. The molecule has 0 radical (unpaired) electrons. The van der Waals surface area contributed by atoms with E-state index in [4.69, 9.17) is 10.5 Å². The van der Waals surface area contributed by atoms with Crippen LogP contribution in [0.3, 0.4) is 0 Å². The lowest BCUT2D eigenvalue weighted by atomic mass is 9.85. The summed E-state index contributed by atoms with van der Waals surface area (Å²) in [4.78, 5) is 23.5. The van der Waals surface area contributed by atoms with Crippen LogP contribution in [0.2, 0.25) is 0 Å². The zero-order valence-electron chi connectivity index (χ0n) is 12.1. The molecule has 110 valence electrons. The first-order chi connectivity index (χ1) is 8.95. The number of esters is 1. The van der Waals surface area contributed by atoms with Gasteiger partial charge in [-0.15, -0.1) is 0 Å². The third-order valence-electron chi connectivity index (χ3n) is 3.90. The molecule has 1 amide bonds. The normalized spacial score (nSPS) is 26.3. The molecular weight excluding hydrogens is 244 g/mol. The maximum absolute atomic E-state index is 11.9. The number of rotatable bonds is 5. The molecular formula is C14H26N2O3. The smallest absolute Gasteiger partial charge is 0.308 e. The van der Waals surface area contributed by atoms with Gasteiger partial charge in [-0.25, -0.2) is 0 Å². The number of carbonyl (C=O) groups excluding carboxylic acids is 2. The Morgan fingerprint density at radius 2 is 1.84 bits per heavy atom. The standard InChI is InChI=1S/C14H26N2O3/c1-4-19-14(18)11-5-7-12(8-6-11)16-13(17)9(2)10(3)15/h9-12H,4-8,15H2,1-3H3,(H,16,17). The van der Waals surface area contributed by atoms with Crippen molar-refractivity contribution in [3.8, 4) is 0 Å². The highest BCUT2D eigenvalue weighted by Crippen LogP contribution is 2.25. The number of carbonyl (C=O) groups is 2. The van der Waals surface area contributed by atoms with Gasteiger partial charge in [-0.3, -0.25) is 9.59 Å². The monoisotopic (exact) mass is 270 g/mol. The molecule has 0 aromatic carbocycles. The molecule has 0 heterocycles. The number of hydrogen-bond acceptors (Lipinski definition) is 4. The molecule has 0 bridgehead atoms. The Kier molecular flexibility index (Phi) is 6.28. The third kappa shape index (κ3) is 4.82. The van der Waals surface area contributed by atoms with Gasteiger partial charge in [-0.1, -0.05) is 6.92 Å². The van der Waals surface area contributed by atoms with Gasteiger partial charge in [0, 0.05) is 18.0 Å². The highest BCUT2D eigenvalue weighted by Gasteiger charge is 2.29. The maximum Gasteiger partial charge on any atom is 0.308 e. The highest BCUT2D eigenvalue weighted by atomic mass is 16.5. The molecule has 1 saturated carbocycles. The minimum atomic E-state index is -0.178. The first kappa shape index (κ1) is 16.0. The van der Waals surface area contributed by atoms with Crippen LogP contribution in [0.25, 0.3) is 0 Å². The van der Waals surface area contributed by atoms with Crippen LogP contribution in [0.5, 0.6) is 0 Å². The Balaban J connectivity index is 2.34. The van der Waals surface area contributed by atoms with Gasteiger partial charge < -0.3 is 15.8 Å². The van der Waals surface area contributed by atoms with Gasteiger partial charge in [0.1, 0.15) is 0 Å². The van der Waals surface area contributed by atoms with Gasteiger partial charge >= 0.3 is 5.97 Å². The van der Waals surface area contributed by atoms with Gasteiger partial charge in [-0.2, -0.15) is 0 Å². The zero-order chi connectivity index (χ0) is 14.4. The first-order valence-corrected chi connectivity index (χ1v) is 7.18. The van der Waals surface area contributed by atoms with E-state index in [9.17, 15) is 9.59 Å². The maximum atomic E-state index is 11.9. The number of nitrogens with two attached hydrogens (primary N) is 1. The summed E-state index contributed by atoms with van der Waals surface area (Å²) in [7, 11) is 0. The van der Waals surface area contributed by atoms with E-state index in [0.717, 1.165) is 25.7 Å². The van der Waals surface area contributed by atoms with Crippen molar-refractivity contribution in [1.82, 2.24) is 5.32 Å². The van der Waals surface area contributed by atoms with Crippen molar-refractivity contribution in [3.05, 3.63) is 0 Å². The minimum Gasteiger partial charge on any atom is -0.466 e. The lowest BCUT2D eigenvalue weighted by Crippen LogP contribution is -2.45. The van der Waals surface area contributed by atoms with E-state index < -0.39 is 0 Å². The fourth-order valence-electron chi connectivity index (χ4n) is 2.30. The van der Waals surface area contributed by atoms with Gasteiger partial charge in [0.15, 0.2) is 0 Å². The summed E-state index contributed by atoms with van der Waals surface area (Å²) < 4.78 is 5.02. The molecule has 5 nitrogen and oxygen atoms in total.